The molecular weight excluding hydrogens is 418 g/mol. The molecule has 5 nitrogen and oxygen atoms in total. The van der Waals surface area contributed by atoms with Crippen molar-refractivity contribution in [2.45, 2.75) is 38.2 Å². The van der Waals surface area contributed by atoms with Crippen molar-refractivity contribution in [2.24, 2.45) is 7.05 Å². The lowest BCUT2D eigenvalue weighted by Gasteiger charge is -2.34. The molecule has 2 aromatic carbocycles. The van der Waals surface area contributed by atoms with Gasteiger partial charge in [0.1, 0.15) is 11.9 Å². The van der Waals surface area contributed by atoms with Crippen LogP contribution in [0.3, 0.4) is 0 Å². The number of nitriles is 1. The molecule has 0 N–H and O–H groups in total. The van der Waals surface area contributed by atoms with Gasteiger partial charge in [-0.15, -0.1) is 0 Å². The number of aromatic nitrogens is 1. The second-order valence-electron chi connectivity index (χ2n) is 9.22. The van der Waals surface area contributed by atoms with Crippen molar-refractivity contribution in [3.05, 3.63) is 64.3 Å². The number of hydrogen-bond acceptors (Lipinski definition) is 5. The monoisotopic (exact) mass is 445 g/mol. The Bertz CT molecular complexity index is 1280. The average Bonchev–Trinajstić information content (AvgIpc) is 3.11. The molecule has 2 aliphatic rings. The van der Waals surface area contributed by atoms with E-state index in [1.165, 1.54) is 0 Å². The number of nitrogens with zero attached hydrogens (tertiary/aromatic N) is 3. The maximum atomic E-state index is 13.6. The van der Waals surface area contributed by atoms with E-state index < -0.39 is 0 Å². The number of fused-ring (bicyclic) bond motifs is 4. The average molecular weight is 446 g/mol. The van der Waals surface area contributed by atoms with Gasteiger partial charge >= 0.3 is 0 Å². The van der Waals surface area contributed by atoms with E-state index in [1.807, 2.05) is 31.3 Å². The van der Waals surface area contributed by atoms with Crippen molar-refractivity contribution < 1.29 is 9.53 Å². The molecule has 0 saturated carbocycles. The number of ketones is 1. The van der Waals surface area contributed by atoms with Crippen molar-refractivity contribution in [1.82, 2.24) is 8.87 Å². The fourth-order valence-corrected chi connectivity index (χ4v) is 5.94. The standard InChI is InChI=1S/C26H27N3O2S/c1-26(2)21-14-18(31-17-9-11-29(32-4)12-10-17)6-8-19(21)24(30)23-20-7-5-16(15-27)13-22(20)28(3)25(23)26/h5-8,13-14,17H,9-12H2,1-4H3. The maximum absolute atomic E-state index is 13.6. The molecule has 6 heteroatoms. The van der Waals surface area contributed by atoms with E-state index in [4.69, 9.17) is 4.74 Å². The summed E-state index contributed by atoms with van der Waals surface area (Å²) in [4.78, 5) is 13.6. The fourth-order valence-electron chi connectivity index (χ4n) is 5.37. The minimum absolute atomic E-state index is 0.0458. The summed E-state index contributed by atoms with van der Waals surface area (Å²) in [7, 11) is 1.99. The molecule has 2 heterocycles. The van der Waals surface area contributed by atoms with Gasteiger partial charge in [0.15, 0.2) is 5.78 Å². The predicted molar refractivity (Wildman–Crippen MR) is 128 cm³/mol. The first-order valence-electron chi connectivity index (χ1n) is 11.0. The Kier molecular flexibility index (Phi) is 5.07. The molecule has 164 valence electrons. The highest BCUT2D eigenvalue weighted by Crippen LogP contribution is 2.46. The zero-order valence-electron chi connectivity index (χ0n) is 18.9. The van der Waals surface area contributed by atoms with E-state index in [-0.39, 0.29) is 17.3 Å². The van der Waals surface area contributed by atoms with E-state index in [0.29, 0.717) is 5.56 Å². The molecule has 0 bridgehead atoms. The molecule has 0 unspecified atom stereocenters. The molecule has 3 aromatic rings. The van der Waals surface area contributed by atoms with E-state index in [1.54, 1.807) is 18.0 Å². The van der Waals surface area contributed by atoms with Gasteiger partial charge in [0.05, 0.1) is 22.7 Å². The smallest absolute Gasteiger partial charge is 0.195 e. The molecule has 0 spiro atoms. The Hall–Kier alpha value is -2.75. The van der Waals surface area contributed by atoms with Gasteiger partial charge in [0.25, 0.3) is 0 Å². The highest BCUT2D eigenvalue weighted by Gasteiger charge is 2.41. The summed E-state index contributed by atoms with van der Waals surface area (Å²) < 4.78 is 10.8. The topological polar surface area (TPSA) is 58.3 Å². The van der Waals surface area contributed by atoms with Crippen LogP contribution in [0.25, 0.3) is 10.9 Å². The molecule has 0 amide bonds. The number of aryl methyl sites for hydroxylation is 1. The number of carbonyl (C=O) groups excluding carboxylic acids is 1. The van der Waals surface area contributed by atoms with Gasteiger partial charge in [-0.2, -0.15) is 5.26 Å². The minimum Gasteiger partial charge on any atom is -0.490 e. The maximum Gasteiger partial charge on any atom is 0.195 e. The van der Waals surface area contributed by atoms with Gasteiger partial charge < -0.3 is 9.30 Å². The molecule has 32 heavy (non-hydrogen) atoms. The second kappa shape index (κ2) is 7.68. The van der Waals surface area contributed by atoms with Gasteiger partial charge in [0, 0.05) is 42.2 Å². The van der Waals surface area contributed by atoms with Crippen LogP contribution in [0, 0.1) is 11.3 Å². The van der Waals surface area contributed by atoms with E-state index in [0.717, 1.165) is 65.0 Å². The summed E-state index contributed by atoms with van der Waals surface area (Å²) in [5, 5.41) is 10.2. The Morgan fingerprint density at radius 3 is 2.59 bits per heavy atom. The number of rotatable bonds is 3. The highest BCUT2D eigenvalue weighted by molar-refractivity contribution is 7.96. The van der Waals surface area contributed by atoms with Crippen molar-refractivity contribution in [3.8, 4) is 11.8 Å². The van der Waals surface area contributed by atoms with E-state index in [9.17, 15) is 10.1 Å². The summed E-state index contributed by atoms with van der Waals surface area (Å²) >= 11 is 1.79. The predicted octanol–water partition coefficient (Wildman–Crippen LogP) is 5.04. The van der Waals surface area contributed by atoms with Crippen LogP contribution in [-0.2, 0) is 12.5 Å². The molecule has 1 fully saturated rings. The minimum atomic E-state index is -0.374. The molecule has 0 radical (unpaired) electrons. The Morgan fingerprint density at radius 2 is 1.91 bits per heavy atom. The van der Waals surface area contributed by atoms with E-state index >= 15 is 0 Å². The summed E-state index contributed by atoms with van der Waals surface area (Å²) in [6, 6.07) is 13.7. The molecule has 0 atom stereocenters. The first-order chi connectivity index (χ1) is 15.3. The summed E-state index contributed by atoms with van der Waals surface area (Å²) in [6.45, 7) is 6.40. The van der Waals surface area contributed by atoms with Crippen molar-refractivity contribution in [2.75, 3.05) is 19.3 Å². The quantitative estimate of drug-likeness (QED) is 0.529. The zero-order valence-corrected chi connectivity index (χ0v) is 19.8. The number of carbonyl (C=O) groups is 1. The lowest BCUT2D eigenvalue weighted by molar-refractivity contribution is 0.103. The van der Waals surface area contributed by atoms with Gasteiger partial charge in [-0.05, 0) is 55.0 Å². The number of ether oxygens (including phenoxy) is 1. The number of piperidine rings is 1. The molecule has 1 aliphatic heterocycles. The Balaban J connectivity index is 1.56. The molecule has 1 aliphatic carbocycles. The van der Waals surface area contributed by atoms with E-state index in [2.05, 4.69) is 41.1 Å². The summed E-state index contributed by atoms with van der Waals surface area (Å²) in [5.41, 5.74) is 4.63. The Labute approximate surface area is 193 Å². The molecule has 1 saturated heterocycles. The van der Waals surface area contributed by atoms with Crippen LogP contribution in [0.15, 0.2) is 36.4 Å². The van der Waals surface area contributed by atoms with Crippen LogP contribution >= 0.6 is 11.9 Å². The number of benzene rings is 2. The zero-order chi connectivity index (χ0) is 22.6. The van der Waals surface area contributed by atoms with Crippen LogP contribution in [0.1, 0.15) is 59.4 Å². The van der Waals surface area contributed by atoms with Gasteiger partial charge in [-0.3, -0.25) is 9.10 Å². The highest BCUT2D eigenvalue weighted by atomic mass is 32.2. The third-order valence-electron chi connectivity index (χ3n) is 7.02. The first kappa shape index (κ1) is 21.1. The summed E-state index contributed by atoms with van der Waals surface area (Å²) in [6.07, 6.45) is 4.34. The largest absolute Gasteiger partial charge is 0.490 e. The Morgan fingerprint density at radius 1 is 1.16 bits per heavy atom. The van der Waals surface area contributed by atoms with Gasteiger partial charge in [-0.25, -0.2) is 0 Å². The lowest BCUT2D eigenvalue weighted by atomic mass is 9.71. The van der Waals surface area contributed by atoms with Crippen LogP contribution in [-0.4, -0.2) is 40.1 Å². The summed E-state index contributed by atoms with van der Waals surface area (Å²) in [5.74, 6) is 0.880. The van der Waals surface area contributed by atoms with Crippen molar-refractivity contribution in [1.29, 1.82) is 5.26 Å². The fraction of sp³-hybridized carbons (Fsp3) is 0.385. The SMILES string of the molecule is CSN1CCC(Oc2ccc3c(c2)C(C)(C)c2c(c4ccc(C#N)cc4n2C)C3=O)CC1. The third kappa shape index (κ3) is 3.15. The van der Waals surface area contributed by atoms with Crippen molar-refractivity contribution >= 4 is 28.6 Å². The van der Waals surface area contributed by atoms with Crippen LogP contribution in [0.5, 0.6) is 5.75 Å². The van der Waals surface area contributed by atoms with Crippen LogP contribution in [0.2, 0.25) is 0 Å². The number of hydrogen-bond donors (Lipinski definition) is 0. The van der Waals surface area contributed by atoms with Gasteiger partial charge in [0.2, 0.25) is 0 Å². The van der Waals surface area contributed by atoms with Crippen molar-refractivity contribution in [3.63, 3.8) is 0 Å². The first-order valence-corrected chi connectivity index (χ1v) is 12.2. The van der Waals surface area contributed by atoms with Gasteiger partial charge in [-0.1, -0.05) is 31.9 Å². The second-order valence-corrected chi connectivity index (χ2v) is 10.1. The molecule has 5 rings (SSSR count). The molecular formula is C26H27N3O2S. The molecule has 1 aromatic heterocycles. The van der Waals surface area contributed by atoms with Crippen LogP contribution in [0.4, 0.5) is 0 Å². The van der Waals surface area contributed by atoms with Crippen LogP contribution < -0.4 is 4.74 Å². The lowest BCUT2D eigenvalue weighted by Crippen LogP contribution is -2.34. The third-order valence-corrected chi connectivity index (χ3v) is 7.90. The normalized spacial score (nSPS) is 18.3.